The van der Waals surface area contributed by atoms with Crippen LogP contribution in [0, 0.1) is 0 Å². The Bertz CT molecular complexity index is 750. The highest BCUT2D eigenvalue weighted by molar-refractivity contribution is 6.08. The lowest BCUT2D eigenvalue weighted by Crippen LogP contribution is -2.30. The molecular weight excluding hydrogens is 296 g/mol. The zero-order valence-corrected chi connectivity index (χ0v) is 12.6. The third kappa shape index (κ3) is 2.63. The van der Waals surface area contributed by atoms with E-state index in [4.69, 9.17) is 4.42 Å². The first kappa shape index (κ1) is 15.0. The molecule has 118 valence electrons. The van der Waals surface area contributed by atoms with Crippen LogP contribution in [0.25, 0.3) is 0 Å². The average Bonchev–Trinajstić information content (AvgIpc) is 3.18. The van der Waals surface area contributed by atoms with Crippen molar-refractivity contribution in [3.8, 4) is 0 Å². The molecule has 3 heterocycles. The van der Waals surface area contributed by atoms with Gasteiger partial charge < -0.3 is 14.4 Å². The lowest BCUT2D eigenvalue weighted by Gasteiger charge is -2.24. The smallest absolute Gasteiger partial charge is 0.290 e. The molecule has 0 bridgehead atoms. The van der Waals surface area contributed by atoms with E-state index in [2.05, 4.69) is 4.98 Å². The summed E-state index contributed by atoms with van der Waals surface area (Å²) in [5.74, 6) is -0.900. The molecule has 3 rings (SSSR count). The monoisotopic (exact) mass is 312 g/mol. The van der Waals surface area contributed by atoms with Crippen LogP contribution < -0.4 is 0 Å². The molecule has 0 saturated heterocycles. The van der Waals surface area contributed by atoms with E-state index in [0.29, 0.717) is 5.76 Å². The van der Waals surface area contributed by atoms with Gasteiger partial charge in [0.05, 0.1) is 11.8 Å². The molecule has 0 fully saturated rings. The molecule has 1 aliphatic heterocycles. The van der Waals surface area contributed by atoms with Gasteiger partial charge in [-0.2, -0.15) is 0 Å². The molecule has 0 saturated carbocycles. The van der Waals surface area contributed by atoms with Gasteiger partial charge in [0.25, 0.3) is 5.91 Å². The summed E-state index contributed by atoms with van der Waals surface area (Å²) in [6.07, 6.45) is 4.96. The number of Topliss-reactive ketones (excluding diaryl/α,β-unsaturated/α-hetero) is 1. The lowest BCUT2D eigenvalue weighted by molar-refractivity contribution is -0.130. The van der Waals surface area contributed by atoms with Crippen molar-refractivity contribution in [2.24, 2.45) is 0 Å². The third-order valence-corrected chi connectivity index (χ3v) is 3.81. The summed E-state index contributed by atoms with van der Waals surface area (Å²) in [6.45, 7) is 1.92. The minimum absolute atomic E-state index is 0.0938. The normalized spacial score (nSPS) is 17.9. The summed E-state index contributed by atoms with van der Waals surface area (Å²) in [5, 5.41) is 10.2. The maximum atomic E-state index is 12.4. The van der Waals surface area contributed by atoms with Crippen molar-refractivity contribution in [3.05, 3.63) is 65.6 Å². The Kier molecular flexibility index (Phi) is 3.97. The Hall–Kier alpha value is -2.89. The molecule has 1 N–H and O–H groups in total. The number of carbonyl (C=O) groups is 2. The van der Waals surface area contributed by atoms with Gasteiger partial charge in [0.2, 0.25) is 0 Å². The molecule has 0 aromatic carbocycles. The number of amides is 1. The Labute approximate surface area is 133 Å². The van der Waals surface area contributed by atoms with Crippen LogP contribution in [0.2, 0.25) is 0 Å². The highest BCUT2D eigenvalue weighted by Gasteiger charge is 2.44. The summed E-state index contributed by atoms with van der Waals surface area (Å²) >= 11 is 0. The molecule has 2 aromatic rings. The van der Waals surface area contributed by atoms with Gasteiger partial charge in [-0.25, -0.2) is 0 Å². The van der Waals surface area contributed by atoms with E-state index in [1.54, 1.807) is 37.5 Å². The molecule has 1 atom stereocenters. The standard InChI is InChI=1S/C17H16N2O4/c1-2-12(20)14-15(13-6-4-8-23-13)19(17(22)16(14)21)10-11-5-3-7-18-9-11/h3-9,15,21H,2,10H2,1H3. The second-order valence-corrected chi connectivity index (χ2v) is 5.25. The van der Waals surface area contributed by atoms with Gasteiger partial charge in [-0.05, 0) is 23.8 Å². The van der Waals surface area contributed by atoms with Gasteiger partial charge in [-0.15, -0.1) is 0 Å². The molecule has 2 aromatic heterocycles. The van der Waals surface area contributed by atoms with Gasteiger partial charge in [-0.3, -0.25) is 14.6 Å². The molecular formula is C17H16N2O4. The van der Waals surface area contributed by atoms with E-state index >= 15 is 0 Å². The third-order valence-electron chi connectivity index (χ3n) is 3.81. The molecule has 0 aliphatic carbocycles. The first-order valence-corrected chi connectivity index (χ1v) is 7.33. The number of hydrogen-bond acceptors (Lipinski definition) is 5. The number of aliphatic hydroxyl groups excluding tert-OH is 1. The van der Waals surface area contributed by atoms with E-state index < -0.39 is 17.7 Å². The van der Waals surface area contributed by atoms with Crippen molar-refractivity contribution in [2.45, 2.75) is 25.9 Å². The predicted octanol–water partition coefficient (Wildman–Crippen LogP) is 2.55. The Morgan fingerprint density at radius 2 is 2.22 bits per heavy atom. The second kappa shape index (κ2) is 6.08. The number of nitrogens with zero attached hydrogens (tertiary/aromatic N) is 2. The van der Waals surface area contributed by atoms with Crippen molar-refractivity contribution < 1.29 is 19.1 Å². The van der Waals surface area contributed by atoms with E-state index in [1.165, 1.54) is 11.2 Å². The zero-order valence-electron chi connectivity index (χ0n) is 12.6. The maximum Gasteiger partial charge on any atom is 0.290 e. The number of aliphatic hydroxyl groups is 1. The lowest BCUT2D eigenvalue weighted by atomic mass is 9.99. The molecule has 0 radical (unpaired) electrons. The highest BCUT2D eigenvalue weighted by atomic mass is 16.3. The molecule has 6 nitrogen and oxygen atoms in total. The quantitative estimate of drug-likeness (QED) is 0.917. The highest BCUT2D eigenvalue weighted by Crippen LogP contribution is 2.39. The van der Waals surface area contributed by atoms with E-state index in [0.717, 1.165) is 5.56 Å². The number of hydrogen-bond donors (Lipinski definition) is 1. The topological polar surface area (TPSA) is 83.6 Å². The van der Waals surface area contributed by atoms with Crippen LogP contribution >= 0.6 is 0 Å². The van der Waals surface area contributed by atoms with Crippen LogP contribution in [-0.2, 0) is 16.1 Å². The second-order valence-electron chi connectivity index (χ2n) is 5.25. The van der Waals surface area contributed by atoms with Crippen LogP contribution in [-0.4, -0.2) is 26.7 Å². The molecule has 0 spiro atoms. The first-order chi connectivity index (χ1) is 11.1. The van der Waals surface area contributed by atoms with Gasteiger partial charge >= 0.3 is 0 Å². The zero-order chi connectivity index (χ0) is 16.4. The van der Waals surface area contributed by atoms with Crippen molar-refractivity contribution in [1.82, 2.24) is 9.88 Å². The summed E-state index contributed by atoms with van der Waals surface area (Å²) in [4.78, 5) is 30.1. The molecule has 1 unspecified atom stereocenters. The van der Waals surface area contributed by atoms with Gasteiger partial charge in [0.15, 0.2) is 11.5 Å². The van der Waals surface area contributed by atoms with Crippen LogP contribution in [0.1, 0.15) is 30.7 Å². The number of aromatic nitrogens is 1. The summed E-state index contributed by atoms with van der Waals surface area (Å²) in [5.41, 5.74) is 0.895. The van der Waals surface area contributed by atoms with Gasteiger partial charge in [-0.1, -0.05) is 13.0 Å². The Morgan fingerprint density at radius 1 is 1.39 bits per heavy atom. The van der Waals surface area contributed by atoms with Crippen LogP contribution in [0.4, 0.5) is 0 Å². The van der Waals surface area contributed by atoms with E-state index in [9.17, 15) is 14.7 Å². The Morgan fingerprint density at radius 3 is 2.83 bits per heavy atom. The van der Waals surface area contributed by atoms with E-state index in [1.807, 2.05) is 6.07 Å². The SMILES string of the molecule is CCC(=O)C1=C(O)C(=O)N(Cc2cccnc2)C1c1ccco1. The number of pyridine rings is 1. The number of carbonyl (C=O) groups excluding carboxylic acids is 2. The summed E-state index contributed by atoms with van der Waals surface area (Å²) in [6, 6.07) is 6.26. The van der Waals surface area contributed by atoms with Crippen molar-refractivity contribution in [2.75, 3.05) is 0 Å². The fourth-order valence-electron chi connectivity index (χ4n) is 2.72. The van der Waals surface area contributed by atoms with Crippen molar-refractivity contribution >= 4 is 11.7 Å². The van der Waals surface area contributed by atoms with E-state index in [-0.39, 0.29) is 24.3 Å². The summed E-state index contributed by atoms with van der Waals surface area (Å²) < 4.78 is 5.40. The number of furan rings is 1. The first-order valence-electron chi connectivity index (χ1n) is 7.33. The summed E-state index contributed by atoms with van der Waals surface area (Å²) in [7, 11) is 0. The van der Waals surface area contributed by atoms with Crippen LogP contribution in [0.5, 0.6) is 0 Å². The van der Waals surface area contributed by atoms with Crippen molar-refractivity contribution in [1.29, 1.82) is 0 Å². The minimum Gasteiger partial charge on any atom is -0.503 e. The molecule has 6 heteroatoms. The maximum absolute atomic E-state index is 12.4. The van der Waals surface area contributed by atoms with Crippen LogP contribution in [0.3, 0.4) is 0 Å². The fourth-order valence-corrected chi connectivity index (χ4v) is 2.72. The van der Waals surface area contributed by atoms with Crippen LogP contribution in [0.15, 0.2) is 58.7 Å². The molecule has 1 aliphatic rings. The van der Waals surface area contributed by atoms with Gasteiger partial charge in [0.1, 0.15) is 11.8 Å². The van der Waals surface area contributed by atoms with Crippen molar-refractivity contribution in [3.63, 3.8) is 0 Å². The average molecular weight is 312 g/mol. The number of rotatable bonds is 5. The molecule has 1 amide bonds. The minimum atomic E-state index is -0.717. The Balaban J connectivity index is 2.02. The molecule has 23 heavy (non-hydrogen) atoms. The number of ketones is 1. The largest absolute Gasteiger partial charge is 0.503 e. The predicted molar refractivity (Wildman–Crippen MR) is 81.2 cm³/mol. The fraction of sp³-hybridized carbons (Fsp3) is 0.235. The van der Waals surface area contributed by atoms with Gasteiger partial charge in [0, 0.05) is 25.4 Å².